The zero-order valence-corrected chi connectivity index (χ0v) is 12.8. The van der Waals surface area contributed by atoms with E-state index in [-0.39, 0.29) is 12.3 Å². The smallest absolute Gasteiger partial charge is 0.344 e. The van der Waals surface area contributed by atoms with Gasteiger partial charge in [-0.3, -0.25) is 4.79 Å². The number of nitrogens with zero attached hydrogens (tertiary/aromatic N) is 2. The van der Waals surface area contributed by atoms with Crippen molar-refractivity contribution in [1.82, 2.24) is 4.90 Å². The molecule has 5 heteroatoms. The van der Waals surface area contributed by atoms with Gasteiger partial charge in [0.15, 0.2) is 0 Å². The molecule has 0 aliphatic carbocycles. The van der Waals surface area contributed by atoms with Gasteiger partial charge in [-0.2, -0.15) is 4.99 Å². The van der Waals surface area contributed by atoms with Crippen LogP contribution in [0.15, 0.2) is 59.6 Å². The summed E-state index contributed by atoms with van der Waals surface area (Å²) in [6, 6.07) is 16.5. The van der Waals surface area contributed by atoms with Crippen molar-refractivity contribution < 1.29 is 9.59 Å². The Bertz CT molecular complexity index is 769. The van der Waals surface area contributed by atoms with Crippen LogP contribution in [0, 0.1) is 0 Å². The molecule has 0 saturated carbocycles. The summed E-state index contributed by atoms with van der Waals surface area (Å²) in [5, 5.41) is 2.74. The van der Waals surface area contributed by atoms with E-state index in [1.165, 1.54) is 6.92 Å². The molecular formula is C18H17N3O2. The second kappa shape index (κ2) is 6.44. The summed E-state index contributed by atoms with van der Waals surface area (Å²) in [7, 11) is 0. The minimum atomic E-state index is -0.448. The van der Waals surface area contributed by atoms with Crippen molar-refractivity contribution >= 4 is 23.3 Å². The number of hydrogen-bond donors (Lipinski definition) is 1. The number of Topliss-reactive ketones (excluding diaryl/α,β-unsaturated/α-hetero) is 1. The van der Waals surface area contributed by atoms with E-state index in [1.807, 2.05) is 47.4 Å². The third kappa shape index (κ3) is 3.45. The van der Waals surface area contributed by atoms with E-state index in [2.05, 4.69) is 10.3 Å². The maximum atomic E-state index is 12.2. The van der Waals surface area contributed by atoms with Gasteiger partial charge in [0.1, 0.15) is 11.6 Å². The largest absolute Gasteiger partial charge is 0.347 e. The zero-order valence-electron chi connectivity index (χ0n) is 12.8. The van der Waals surface area contributed by atoms with Crippen LogP contribution in [0.25, 0.3) is 0 Å². The molecule has 116 valence electrons. The predicted octanol–water partition coefficient (Wildman–Crippen LogP) is 3.07. The van der Waals surface area contributed by atoms with Crippen LogP contribution in [-0.4, -0.2) is 29.1 Å². The molecule has 1 aliphatic heterocycles. The zero-order chi connectivity index (χ0) is 16.2. The number of ketones is 1. The number of urea groups is 1. The Kier molecular flexibility index (Phi) is 4.19. The first-order valence-electron chi connectivity index (χ1n) is 7.41. The lowest BCUT2D eigenvalue weighted by Crippen LogP contribution is -2.30. The van der Waals surface area contributed by atoms with Crippen LogP contribution in [0.5, 0.6) is 0 Å². The Morgan fingerprint density at radius 3 is 2.52 bits per heavy atom. The van der Waals surface area contributed by atoms with Gasteiger partial charge in [-0.25, -0.2) is 4.79 Å². The molecule has 0 radical (unpaired) electrons. The van der Waals surface area contributed by atoms with Crippen LogP contribution >= 0.6 is 0 Å². The summed E-state index contributed by atoms with van der Waals surface area (Å²) in [6.45, 7) is 2.37. The fourth-order valence-corrected chi connectivity index (χ4v) is 2.63. The molecule has 0 saturated heterocycles. The summed E-state index contributed by atoms with van der Waals surface area (Å²) in [4.78, 5) is 29.7. The molecule has 1 heterocycles. The molecule has 0 spiro atoms. The Hall–Kier alpha value is -2.95. The highest BCUT2D eigenvalue weighted by Crippen LogP contribution is 2.23. The lowest BCUT2D eigenvalue weighted by Gasteiger charge is -2.17. The number of rotatable bonds is 3. The van der Waals surface area contributed by atoms with Gasteiger partial charge in [-0.05, 0) is 24.6 Å². The van der Waals surface area contributed by atoms with Crippen molar-refractivity contribution in [1.29, 1.82) is 0 Å². The lowest BCUT2D eigenvalue weighted by molar-refractivity contribution is -0.117. The normalized spacial score (nSPS) is 14.7. The predicted molar refractivity (Wildman–Crippen MR) is 89.5 cm³/mol. The minimum Gasteiger partial charge on any atom is -0.344 e. The molecule has 3 rings (SSSR count). The quantitative estimate of drug-likeness (QED) is 0.948. The summed E-state index contributed by atoms with van der Waals surface area (Å²) in [5.41, 5.74) is 2.66. The molecule has 0 atom stereocenters. The molecule has 1 aliphatic rings. The third-order valence-corrected chi connectivity index (χ3v) is 3.57. The number of aliphatic imine (C=N–C) groups is 1. The average molecular weight is 307 g/mol. The van der Waals surface area contributed by atoms with E-state index in [1.54, 1.807) is 12.1 Å². The first kappa shape index (κ1) is 15.0. The van der Waals surface area contributed by atoms with Crippen molar-refractivity contribution in [3.05, 3.63) is 65.7 Å². The summed E-state index contributed by atoms with van der Waals surface area (Å²) in [5.74, 6) is 0.582. The third-order valence-electron chi connectivity index (χ3n) is 3.57. The Balaban J connectivity index is 1.87. The van der Waals surface area contributed by atoms with E-state index in [4.69, 9.17) is 0 Å². The van der Waals surface area contributed by atoms with E-state index in [0.717, 1.165) is 11.1 Å². The van der Waals surface area contributed by atoms with Crippen LogP contribution in [0.4, 0.5) is 10.5 Å². The molecule has 2 aromatic carbocycles. The summed E-state index contributed by atoms with van der Waals surface area (Å²) < 4.78 is 0. The molecule has 23 heavy (non-hydrogen) atoms. The molecule has 0 fully saturated rings. The number of benzene rings is 2. The number of amidine groups is 1. The molecule has 0 bridgehead atoms. The Morgan fingerprint density at radius 1 is 1.09 bits per heavy atom. The first-order chi connectivity index (χ1) is 11.1. The number of anilines is 1. The van der Waals surface area contributed by atoms with Gasteiger partial charge in [-0.15, -0.1) is 0 Å². The topological polar surface area (TPSA) is 61.8 Å². The first-order valence-corrected chi connectivity index (χ1v) is 7.41. The van der Waals surface area contributed by atoms with E-state index >= 15 is 0 Å². The highest BCUT2D eigenvalue weighted by molar-refractivity contribution is 6.10. The van der Waals surface area contributed by atoms with Gasteiger partial charge >= 0.3 is 6.03 Å². The molecule has 5 nitrogen and oxygen atoms in total. The van der Waals surface area contributed by atoms with Crippen molar-refractivity contribution in [3.8, 4) is 0 Å². The van der Waals surface area contributed by atoms with Gasteiger partial charge in [0.2, 0.25) is 0 Å². The standard InChI is InChI=1S/C18H17N3O2/c1-13(22)11-21-12-14-7-5-6-10-16(14)17(21)20-18(23)19-15-8-3-2-4-9-15/h2-10H,11-12H2,1H3,(H,19,23)/b20-17-. The fraction of sp³-hybridized carbons (Fsp3) is 0.167. The Morgan fingerprint density at radius 2 is 1.78 bits per heavy atom. The number of amides is 2. The number of hydrogen-bond acceptors (Lipinski definition) is 2. The van der Waals surface area contributed by atoms with Crippen LogP contribution in [0.3, 0.4) is 0 Å². The highest BCUT2D eigenvalue weighted by atomic mass is 16.2. The van der Waals surface area contributed by atoms with E-state index < -0.39 is 6.03 Å². The number of carbonyl (C=O) groups excluding carboxylic acids is 2. The van der Waals surface area contributed by atoms with Crippen molar-refractivity contribution in [2.45, 2.75) is 13.5 Å². The van der Waals surface area contributed by atoms with Gasteiger partial charge in [0.25, 0.3) is 0 Å². The molecular weight excluding hydrogens is 290 g/mol. The van der Waals surface area contributed by atoms with Crippen LogP contribution < -0.4 is 5.32 Å². The number of fused-ring (bicyclic) bond motifs is 1. The second-order valence-electron chi connectivity index (χ2n) is 5.45. The fourth-order valence-electron chi connectivity index (χ4n) is 2.63. The molecule has 1 N–H and O–H groups in total. The minimum absolute atomic E-state index is 0.0361. The number of para-hydroxylation sites is 1. The van der Waals surface area contributed by atoms with Gasteiger partial charge in [-0.1, -0.05) is 42.5 Å². The van der Waals surface area contributed by atoms with Crippen LogP contribution in [0.1, 0.15) is 18.1 Å². The van der Waals surface area contributed by atoms with Gasteiger partial charge < -0.3 is 10.2 Å². The molecule has 0 aromatic heterocycles. The lowest BCUT2D eigenvalue weighted by atomic mass is 10.1. The molecule has 2 aromatic rings. The maximum absolute atomic E-state index is 12.2. The van der Waals surface area contributed by atoms with Gasteiger partial charge in [0, 0.05) is 17.8 Å². The SMILES string of the molecule is CC(=O)CN1Cc2ccccc2/C1=N/C(=O)Nc1ccccc1. The highest BCUT2D eigenvalue weighted by Gasteiger charge is 2.26. The average Bonchev–Trinajstić information content (AvgIpc) is 2.85. The number of nitrogens with one attached hydrogen (secondary N) is 1. The van der Waals surface area contributed by atoms with Gasteiger partial charge in [0.05, 0.1) is 6.54 Å². The van der Waals surface area contributed by atoms with Crippen LogP contribution in [0.2, 0.25) is 0 Å². The Labute approximate surface area is 134 Å². The van der Waals surface area contributed by atoms with Crippen molar-refractivity contribution in [2.24, 2.45) is 4.99 Å². The van der Waals surface area contributed by atoms with Crippen molar-refractivity contribution in [2.75, 3.05) is 11.9 Å². The monoisotopic (exact) mass is 307 g/mol. The maximum Gasteiger partial charge on any atom is 0.347 e. The molecule has 2 amide bonds. The van der Waals surface area contributed by atoms with E-state index in [9.17, 15) is 9.59 Å². The van der Waals surface area contributed by atoms with Crippen LogP contribution in [-0.2, 0) is 11.3 Å². The summed E-state index contributed by atoms with van der Waals surface area (Å²) in [6.07, 6.45) is 0. The molecule has 0 unspecified atom stereocenters. The second-order valence-corrected chi connectivity index (χ2v) is 5.45. The van der Waals surface area contributed by atoms with Crippen molar-refractivity contribution in [3.63, 3.8) is 0 Å². The van der Waals surface area contributed by atoms with E-state index in [0.29, 0.717) is 18.1 Å². The summed E-state index contributed by atoms with van der Waals surface area (Å²) >= 11 is 0. The number of carbonyl (C=O) groups is 2.